The first-order valence-electron chi connectivity index (χ1n) is 12.1. The lowest BCUT2D eigenvalue weighted by atomic mass is 9.96. The van der Waals surface area contributed by atoms with Crippen LogP contribution in [0.5, 0.6) is 0 Å². The average Bonchev–Trinajstić information content (AvgIpc) is 3.17. The van der Waals surface area contributed by atoms with E-state index in [0.717, 1.165) is 42.6 Å². The molecule has 6 nitrogen and oxygen atoms in total. The van der Waals surface area contributed by atoms with E-state index in [1.807, 2.05) is 18.2 Å². The summed E-state index contributed by atoms with van der Waals surface area (Å²) in [7, 11) is -3.23. The van der Waals surface area contributed by atoms with Crippen LogP contribution in [0, 0.1) is 5.92 Å². The zero-order valence-electron chi connectivity index (χ0n) is 20.1. The van der Waals surface area contributed by atoms with E-state index >= 15 is 0 Å². The molecule has 1 aliphatic rings. The van der Waals surface area contributed by atoms with Crippen molar-refractivity contribution in [3.8, 4) is 0 Å². The van der Waals surface area contributed by atoms with Crippen LogP contribution in [-0.2, 0) is 34.1 Å². The van der Waals surface area contributed by atoms with Crippen molar-refractivity contribution >= 4 is 37.6 Å². The quantitative estimate of drug-likeness (QED) is 0.388. The number of ether oxygens (including phenoxy) is 1. The highest BCUT2D eigenvalue weighted by atomic mass is 32.2. The molecule has 0 bridgehead atoms. The first-order valence-corrected chi connectivity index (χ1v) is 13.8. The summed E-state index contributed by atoms with van der Waals surface area (Å²) in [5, 5.41) is 5.21. The van der Waals surface area contributed by atoms with Crippen LogP contribution in [0.25, 0.3) is 21.8 Å². The minimum Gasteiger partial charge on any atom is -0.381 e. The van der Waals surface area contributed by atoms with Gasteiger partial charge in [-0.2, -0.15) is 0 Å². The smallest absolute Gasteiger partial charge is 0.251 e. The van der Waals surface area contributed by atoms with Gasteiger partial charge >= 0.3 is 0 Å². The number of carbonyl (C=O) groups excluding carboxylic acids is 1. The number of hydrogen-bond acceptors (Lipinski definition) is 4. The molecule has 1 amide bonds. The fourth-order valence-electron chi connectivity index (χ4n) is 4.76. The Morgan fingerprint density at radius 1 is 0.943 bits per heavy atom. The number of amides is 1. The van der Waals surface area contributed by atoms with Gasteiger partial charge < -0.3 is 14.6 Å². The number of rotatable bonds is 8. The summed E-state index contributed by atoms with van der Waals surface area (Å²) in [5.74, 6) is 0.498. The zero-order chi connectivity index (χ0) is 24.6. The predicted molar refractivity (Wildman–Crippen MR) is 138 cm³/mol. The minimum absolute atomic E-state index is 0.0660. The maximum Gasteiger partial charge on any atom is 0.251 e. The third-order valence-corrected chi connectivity index (χ3v) is 8.61. The summed E-state index contributed by atoms with van der Waals surface area (Å²) in [6, 6.07) is 19.2. The SMILES string of the molecule is CCn1c2ccc(CC3COC3)cc2c2cc(C(=O)NCc3ccc(S(=O)(=O)CC)cc3)ccc21. The van der Waals surface area contributed by atoms with Gasteiger partial charge in [0.05, 0.1) is 23.9 Å². The second kappa shape index (κ2) is 9.47. The second-order valence-electron chi connectivity index (χ2n) is 9.17. The Morgan fingerprint density at radius 3 is 2.23 bits per heavy atom. The Bertz CT molecular complexity index is 1500. The van der Waals surface area contributed by atoms with E-state index in [-0.39, 0.29) is 11.7 Å². The van der Waals surface area contributed by atoms with Crippen molar-refractivity contribution in [2.75, 3.05) is 19.0 Å². The van der Waals surface area contributed by atoms with E-state index in [9.17, 15) is 13.2 Å². The molecule has 1 aliphatic heterocycles. The number of carbonyl (C=O) groups is 1. The molecule has 0 saturated carbocycles. The van der Waals surface area contributed by atoms with Crippen molar-refractivity contribution in [2.45, 2.75) is 38.3 Å². The molecule has 1 aromatic heterocycles. The summed E-state index contributed by atoms with van der Waals surface area (Å²) in [4.78, 5) is 13.3. The van der Waals surface area contributed by atoms with Crippen LogP contribution < -0.4 is 5.32 Å². The minimum atomic E-state index is -3.23. The number of fused-ring (bicyclic) bond motifs is 3. The van der Waals surface area contributed by atoms with E-state index in [0.29, 0.717) is 22.9 Å². The van der Waals surface area contributed by atoms with Crippen molar-refractivity contribution in [1.29, 1.82) is 0 Å². The van der Waals surface area contributed by atoms with Crippen LogP contribution in [0.2, 0.25) is 0 Å². The fourth-order valence-corrected chi connectivity index (χ4v) is 5.65. The van der Waals surface area contributed by atoms with E-state index in [1.54, 1.807) is 31.2 Å². The fraction of sp³-hybridized carbons (Fsp3) is 0.321. The molecule has 4 aromatic rings. The van der Waals surface area contributed by atoms with Crippen LogP contribution >= 0.6 is 0 Å². The molecule has 0 radical (unpaired) electrons. The van der Waals surface area contributed by atoms with Gasteiger partial charge in [-0.05, 0) is 66.9 Å². The normalized spacial score (nSPS) is 14.3. The lowest BCUT2D eigenvalue weighted by molar-refractivity contribution is -0.0312. The van der Waals surface area contributed by atoms with Crippen LogP contribution in [0.15, 0.2) is 65.6 Å². The van der Waals surface area contributed by atoms with Crippen molar-refractivity contribution in [3.05, 3.63) is 77.4 Å². The molecule has 2 heterocycles. The van der Waals surface area contributed by atoms with Crippen LogP contribution in [0.1, 0.15) is 35.3 Å². The lowest BCUT2D eigenvalue weighted by Crippen LogP contribution is -2.29. The zero-order valence-corrected chi connectivity index (χ0v) is 20.9. The Balaban J connectivity index is 1.39. The van der Waals surface area contributed by atoms with Crippen LogP contribution in [0.4, 0.5) is 0 Å². The highest BCUT2D eigenvalue weighted by Gasteiger charge is 2.20. The Morgan fingerprint density at radius 2 is 1.60 bits per heavy atom. The van der Waals surface area contributed by atoms with Gasteiger partial charge in [0.1, 0.15) is 0 Å². The van der Waals surface area contributed by atoms with E-state index in [1.165, 1.54) is 16.5 Å². The number of sulfone groups is 1. The van der Waals surface area contributed by atoms with Gasteiger partial charge in [-0.25, -0.2) is 8.42 Å². The maximum atomic E-state index is 13.0. The van der Waals surface area contributed by atoms with Crippen molar-refractivity contribution in [3.63, 3.8) is 0 Å². The molecule has 35 heavy (non-hydrogen) atoms. The van der Waals surface area contributed by atoms with Crippen molar-refractivity contribution < 1.29 is 17.9 Å². The molecule has 5 rings (SSSR count). The number of hydrogen-bond donors (Lipinski definition) is 1. The largest absolute Gasteiger partial charge is 0.381 e. The molecule has 1 N–H and O–H groups in total. The van der Waals surface area contributed by atoms with Crippen LogP contribution in [-0.4, -0.2) is 37.9 Å². The number of benzene rings is 3. The van der Waals surface area contributed by atoms with Gasteiger partial charge in [0.25, 0.3) is 5.91 Å². The van der Waals surface area contributed by atoms with Gasteiger partial charge in [-0.1, -0.05) is 25.1 Å². The first-order chi connectivity index (χ1) is 16.9. The Kier molecular flexibility index (Phi) is 6.38. The number of nitrogens with zero attached hydrogens (tertiary/aromatic N) is 1. The summed E-state index contributed by atoms with van der Waals surface area (Å²) >= 11 is 0. The van der Waals surface area contributed by atoms with Gasteiger partial charge in [-0.15, -0.1) is 0 Å². The van der Waals surface area contributed by atoms with Crippen molar-refractivity contribution in [2.24, 2.45) is 5.92 Å². The molecule has 7 heteroatoms. The Hall–Kier alpha value is -3.16. The average molecular weight is 491 g/mol. The third kappa shape index (κ3) is 4.58. The summed E-state index contributed by atoms with van der Waals surface area (Å²) < 4.78 is 31.6. The van der Waals surface area contributed by atoms with Gasteiger partial charge in [0, 0.05) is 46.4 Å². The molecule has 182 valence electrons. The number of aromatic nitrogens is 1. The molecule has 0 unspecified atom stereocenters. The molecule has 1 saturated heterocycles. The monoisotopic (exact) mass is 490 g/mol. The van der Waals surface area contributed by atoms with Gasteiger partial charge in [-0.3, -0.25) is 4.79 Å². The molecule has 0 atom stereocenters. The standard InChI is InChI=1S/C28H30N2O4S/c1-3-30-26-11-7-20(13-21-17-34-18-21)14-24(26)25-15-22(8-12-27(25)30)28(31)29-16-19-5-9-23(10-6-19)35(32,33)4-2/h5-12,14-15,21H,3-4,13,16-18H2,1-2H3,(H,29,31). The van der Waals surface area contributed by atoms with E-state index in [4.69, 9.17) is 4.74 Å². The highest BCUT2D eigenvalue weighted by molar-refractivity contribution is 7.91. The summed E-state index contributed by atoms with van der Waals surface area (Å²) in [5.41, 5.74) is 5.05. The first kappa shape index (κ1) is 23.6. The van der Waals surface area contributed by atoms with E-state index in [2.05, 4.69) is 35.0 Å². The Labute approximate surface area is 205 Å². The molecular weight excluding hydrogens is 460 g/mol. The number of aryl methyl sites for hydroxylation is 1. The summed E-state index contributed by atoms with van der Waals surface area (Å²) in [6.07, 6.45) is 1.01. The second-order valence-corrected chi connectivity index (χ2v) is 11.4. The molecule has 3 aromatic carbocycles. The highest BCUT2D eigenvalue weighted by Crippen LogP contribution is 2.31. The third-order valence-electron chi connectivity index (χ3n) is 6.85. The van der Waals surface area contributed by atoms with Crippen LogP contribution in [0.3, 0.4) is 0 Å². The maximum absolute atomic E-state index is 13.0. The van der Waals surface area contributed by atoms with E-state index < -0.39 is 9.84 Å². The van der Waals surface area contributed by atoms with Gasteiger partial charge in [0.2, 0.25) is 0 Å². The van der Waals surface area contributed by atoms with Crippen molar-refractivity contribution in [1.82, 2.24) is 9.88 Å². The predicted octanol–water partition coefficient (Wildman–Crippen LogP) is 4.73. The molecule has 0 spiro atoms. The number of nitrogens with one attached hydrogen (secondary N) is 1. The molecular formula is C28H30N2O4S. The topological polar surface area (TPSA) is 77.4 Å². The summed E-state index contributed by atoms with van der Waals surface area (Å²) in [6.45, 7) is 6.60. The molecule has 0 aliphatic carbocycles. The molecule has 1 fully saturated rings. The van der Waals surface area contributed by atoms with Gasteiger partial charge in [0.15, 0.2) is 9.84 Å². The lowest BCUT2D eigenvalue weighted by Gasteiger charge is -2.25.